The van der Waals surface area contributed by atoms with Gasteiger partial charge in [0, 0.05) is 47.5 Å². The standard InChI is InChI=1S/C27H24F3N7O/c1-16-10-11-20(33-26(38)17(2)7-5-8-18(3)27(28,29)30)13-22(16)34-24-21-15-32-37(4)25(21)36-23(35-24)19-9-6-12-31-14-19/h5-15H,2H2,1,3-4H3,(H,33,38)(H,34,35,36)/b7-5-,18-8+. The number of rotatable bonds is 7. The third-order valence-electron chi connectivity index (χ3n) is 5.64. The second kappa shape index (κ2) is 10.7. The molecule has 0 fully saturated rings. The molecule has 0 aliphatic rings. The maximum Gasteiger partial charge on any atom is 0.412 e. The quantitative estimate of drug-likeness (QED) is 0.228. The molecule has 4 aromatic rings. The van der Waals surface area contributed by atoms with Crippen molar-refractivity contribution in [2.75, 3.05) is 10.6 Å². The van der Waals surface area contributed by atoms with E-state index in [0.29, 0.717) is 34.1 Å². The van der Waals surface area contributed by atoms with E-state index in [1.54, 1.807) is 48.5 Å². The van der Waals surface area contributed by atoms with Crippen LogP contribution < -0.4 is 10.6 Å². The van der Waals surface area contributed by atoms with Gasteiger partial charge in [0.05, 0.1) is 11.6 Å². The number of allylic oxidation sites excluding steroid dienone is 3. The third-order valence-corrected chi connectivity index (χ3v) is 5.64. The van der Waals surface area contributed by atoms with E-state index in [0.717, 1.165) is 30.2 Å². The van der Waals surface area contributed by atoms with Crippen LogP contribution in [0.25, 0.3) is 22.4 Å². The van der Waals surface area contributed by atoms with Crippen molar-refractivity contribution in [2.24, 2.45) is 7.05 Å². The summed E-state index contributed by atoms with van der Waals surface area (Å²) in [6.07, 6.45) is 3.81. The summed E-state index contributed by atoms with van der Waals surface area (Å²) in [6.45, 7) is 6.48. The van der Waals surface area contributed by atoms with Gasteiger partial charge in [0.1, 0.15) is 5.82 Å². The molecule has 8 nitrogen and oxygen atoms in total. The molecule has 0 atom stereocenters. The number of anilines is 3. The first-order valence-corrected chi connectivity index (χ1v) is 11.4. The topological polar surface area (TPSA) is 97.6 Å². The molecule has 3 aromatic heterocycles. The highest BCUT2D eigenvalue weighted by Crippen LogP contribution is 2.30. The number of aromatic nitrogens is 5. The molecule has 11 heteroatoms. The number of carbonyl (C=O) groups excluding carboxylic acids is 1. The number of hydrogen-bond donors (Lipinski definition) is 2. The second-order valence-electron chi connectivity index (χ2n) is 8.48. The monoisotopic (exact) mass is 519 g/mol. The van der Waals surface area contributed by atoms with E-state index in [4.69, 9.17) is 4.98 Å². The number of nitrogens with one attached hydrogen (secondary N) is 2. The van der Waals surface area contributed by atoms with Gasteiger partial charge in [-0.15, -0.1) is 0 Å². The van der Waals surface area contributed by atoms with Gasteiger partial charge in [-0.2, -0.15) is 18.3 Å². The highest BCUT2D eigenvalue weighted by atomic mass is 19.4. The maximum absolute atomic E-state index is 12.6. The average Bonchev–Trinajstić information content (AvgIpc) is 3.26. The van der Waals surface area contributed by atoms with Gasteiger partial charge in [0.15, 0.2) is 11.5 Å². The van der Waals surface area contributed by atoms with Gasteiger partial charge in [-0.3, -0.25) is 14.5 Å². The van der Waals surface area contributed by atoms with Crippen LogP contribution in [-0.2, 0) is 11.8 Å². The summed E-state index contributed by atoms with van der Waals surface area (Å²) in [5.41, 5.74) is 2.60. The summed E-state index contributed by atoms with van der Waals surface area (Å²) in [6, 6.07) is 8.91. The van der Waals surface area contributed by atoms with E-state index in [2.05, 4.69) is 32.3 Å². The van der Waals surface area contributed by atoms with Crippen LogP contribution in [0.1, 0.15) is 12.5 Å². The maximum atomic E-state index is 12.6. The summed E-state index contributed by atoms with van der Waals surface area (Å²) >= 11 is 0. The van der Waals surface area contributed by atoms with Gasteiger partial charge in [-0.25, -0.2) is 9.97 Å². The van der Waals surface area contributed by atoms with Crippen LogP contribution in [0.5, 0.6) is 0 Å². The number of amides is 1. The summed E-state index contributed by atoms with van der Waals surface area (Å²) in [5, 5.41) is 11.0. The Hall–Kier alpha value is -4.80. The number of nitrogens with zero attached hydrogens (tertiary/aromatic N) is 5. The molecular weight excluding hydrogens is 495 g/mol. The Kier molecular flexibility index (Phi) is 7.38. The molecule has 0 bridgehead atoms. The van der Waals surface area contributed by atoms with E-state index in [1.807, 2.05) is 19.1 Å². The van der Waals surface area contributed by atoms with Gasteiger partial charge in [-0.1, -0.05) is 30.9 Å². The summed E-state index contributed by atoms with van der Waals surface area (Å²) in [5.74, 6) is 0.439. The van der Waals surface area contributed by atoms with Crippen molar-refractivity contribution in [1.29, 1.82) is 0 Å². The van der Waals surface area contributed by atoms with Crippen LogP contribution in [0.3, 0.4) is 0 Å². The zero-order valence-electron chi connectivity index (χ0n) is 20.8. The predicted octanol–water partition coefficient (Wildman–Crippen LogP) is 6.04. The highest BCUT2D eigenvalue weighted by molar-refractivity contribution is 6.05. The molecule has 0 spiro atoms. The fraction of sp³-hybridized carbons (Fsp3) is 0.148. The van der Waals surface area contributed by atoms with Gasteiger partial charge >= 0.3 is 6.18 Å². The zero-order chi connectivity index (χ0) is 27.4. The van der Waals surface area contributed by atoms with Crippen molar-refractivity contribution in [3.05, 3.63) is 90.4 Å². The number of pyridine rings is 1. The van der Waals surface area contributed by atoms with E-state index in [9.17, 15) is 18.0 Å². The smallest absolute Gasteiger partial charge is 0.339 e. The molecule has 0 saturated carbocycles. The molecule has 194 valence electrons. The zero-order valence-corrected chi connectivity index (χ0v) is 20.8. The number of halogens is 3. The van der Waals surface area contributed by atoms with E-state index in [-0.39, 0.29) is 5.57 Å². The minimum Gasteiger partial charge on any atom is -0.339 e. The lowest BCUT2D eigenvalue weighted by molar-refractivity contribution is -0.112. The molecule has 1 amide bonds. The van der Waals surface area contributed by atoms with Crippen molar-refractivity contribution >= 4 is 34.1 Å². The lowest BCUT2D eigenvalue weighted by Crippen LogP contribution is -2.13. The molecule has 0 radical (unpaired) electrons. The number of benzene rings is 1. The molecule has 2 N–H and O–H groups in total. The minimum absolute atomic E-state index is 0.000268. The van der Waals surface area contributed by atoms with Gasteiger partial charge < -0.3 is 10.6 Å². The van der Waals surface area contributed by atoms with Gasteiger partial charge in [-0.05, 0) is 43.7 Å². The lowest BCUT2D eigenvalue weighted by atomic mass is 10.1. The number of carbonyl (C=O) groups is 1. The first-order valence-electron chi connectivity index (χ1n) is 11.4. The number of alkyl halides is 3. The SMILES string of the molecule is C=C(/C=C\C=C(/C)C(F)(F)F)C(=O)Nc1ccc(C)c(Nc2nc(-c3cccnc3)nc3c2cnn3C)c1. The predicted molar refractivity (Wildman–Crippen MR) is 141 cm³/mol. The van der Waals surface area contributed by atoms with Crippen molar-refractivity contribution < 1.29 is 18.0 Å². The molecule has 3 heterocycles. The first-order chi connectivity index (χ1) is 18.0. The molecule has 4 rings (SSSR count). The van der Waals surface area contributed by atoms with Crippen molar-refractivity contribution in [1.82, 2.24) is 24.7 Å². The third kappa shape index (κ3) is 5.94. The Bertz CT molecular complexity index is 1570. The Morgan fingerprint density at radius 2 is 1.95 bits per heavy atom. The van der Waals surface area contributed by atoms with Gasteiger partial charge in [0.2, 0.25) is 0 Å². The molecule has 0 unspecified atom stereocenters. The summed E-state index contributed by atoms with van der Waals surface area (Å²) in [4.78, 5) is 26.0. The van der Waals surface area contributed by atoms with Gasteiger partial charge in [0.25, 0.3) is 5.91 Å². The fourth-order valence-corrected chi connectivity index (χ4v) is 3.39. The number of hydrogen-bond acceptors (Lipinski definition) is 6. The Balaban J connectivity index is 1.58. The van der Waals surface area contributed by atoms with Crippen LogP contribution in [0.2, 0.25) is 0 Å². The highest BCUT2D eigenvalue weighted by Gasteiger charge is 2.29. The first kappa shape index (κ1) is 26.3. The largest absolute Gasteiger partial charge is 0.412 e. The normalized spacial score (nSPS) is 12.2. The molecular formula is C27H24F3N7O. The Morgan fingerprint density at radius 3 is 2.66 bits per heavy atom. The molecule has 1 aromatic carbocycles. The molecule has 0 aliphatic carbocycles. The second-order valence-corrected chi connectivity index (χ2v) is 8.48. The molecule has 0 saturated heterocycles. The van der Waals surface area contributed by atoms with E-state index in [1.165, 1.54) is 6.08 Å². The average molecular weight is 520 g/mol. The van der Waals surface area contributed by atoms with Crippen LogP contribution in [-0.4, -0.2) is 36.8 Å². The van der Waals surface area contributed by atoms with Crippen LogP contribution in [0.15, 0.2) is 84.9 Å². The lowest BCUT2D eigenvalue weighted by Gasteiger charge is -2.13. The van der Waals surface area contributed by atoms with Crippen LogP contribution >= 0.6 is 0 Å². The Labute approximate surface area is 216 Å². The summed E-state index contributed by atoms with van der Waals surface area (Å²) < 4.78 is 39.5. The van der Waals surface area contributed by atoms with Crippen LogP contribution in [0, 0.1) is 6.92 Å². The van der Waals surface area contributed by atoms with Crippen molar-refractivity contribution in [3.8, 4) is 11.4 Å². The number of aryl methyl sites for hydroxylation is 2. The van der Waals surface area contributed by atoms with E-state index >= 15 is 0 Å². The summed E-state index contributed by atoms with van der Waals surface area (Å²) in [7, 11) is 1.79. The Morgan fingerprint density at radius 1 is 1.16 bits per heavy atom. The fourth-order valence-electron chi connectivity index (χ4n) is 3.39. The number of fused-ring (bicyclic) bond motifs is 1. The van der Waals surface area contributed by atoms with Crippen LogP contribution in [0.4, 0.5) is 30.4 Å². The molecule has 0 aliphatic heterocycles. The minimum atomic E-state index is -4.43. The van der Waals surface area contributed by atoms with Crippen molar-refractivity contribution in [2.45, 2.75) is 20.0 Å². The van der Waals surface area contributed by atoms with Crippen molar-refractivity contribution in [3.63, 3.8) is 0 Å². The van der Waals surface area contributed by atoms with E-state index < -0.39 is 17.7 Å². The molecule has 38 heavy (non-hydrogen) atoms.